The Balaban J connectivity index is 2.63. The summed E-state index contributed by atoms with van der Waals surface area (Å²) in [7, 11) is -3.51. The predicted molar refractivity (Wildman–Crippen MR) is 53.2 cm³/mol. The van der Waals surface area contributed by atoms with Crippen molar-refractivity contribution in [3.8, 4) is 6.07 Å². The van der Waals surface area contributed by atoms with E-state index in [1.807, 2.05) is 6.07 Å². The van der Waals surface area contributed by atoms with Gasteiger partial charge in [-0.05, 0) is 0 Å². The molecule has 1 aromatic rings. The minimum atomic E-state index is -3.51. The van der Waals surface area contributed by atoms with E-state index >= 15 is 0 Å². The summed E-state index contributed by atoms with van der Waals surface area (Å²) in [5.41, 5.74) is 0.118. The van der Waals surface area contributed by atoms with Crippen molar-refractivity contribution in [2.24, 2.45) is 5.14 Å². The molecule has 0 aliphatic rings. The molecule has 0 radical (unpaired) electrons. The Kier molecular flexibility index (Phi) is 3.54. The van der Waals surface area contributed by atoms with Crippen molar-refractivity contribution >= 4 is 15.8 Å². The molecule has 0 bridgehead atoms. The van der Waals surface area contributed by atoms with Gasteiger partial charge in [0, 0.05) is 18.9 Å². The van der Waals surface area contributed by atoms with Crippen LogP contribution >= 0.6 is 0 Å². The lowest BCUT2D eigenvalue weighted by molar-refractivity contribution is 0.598. The maximum atomic E-state index is 10.6. The highest BCUT2D eigenvalue weighted by Gasteiger charge is 2.05. The Bertz CT molecular complexity index is 478. The van der Waals surface area contributed by atoms with Gasteiger partial charge >= 0.3 is 0 Å². The van der Waals surface area contributed by atoms with E-state index in [2.05, 4.69) is 15.3 Å². The molecule has 0 unspecified atom stereocenters. The minimum absolute atomic E-state index is 0.0895. The molecular weight excluding hydrogens is 218 g/mol. The van der Waals surface area contributed by atoms with Crippen LogP contribution in [0.1, 0.15) is 5.69 Å². The van der Waals surface area contributed by atoms with Gasteiger partial charge < -0.3 is 5.32 Å². The second-order valence-corrected chi connectivity index (χ2v) is 4.39. The van der Waals surface area contributed by atoms with E-state index in [0.29, 0.717) is 0 Å². The number of nitriles is 1. The summed E-state index contributed by atoms with van der Waals surface area (Å²) in [5.74, 6) is 0.0256. The van der Waals surface area contributed by atoms with Crippen LogP contribution in [0.4, 0.5) is 5.82 Å². The molecule has 1 aromatic heterocycles. The molecule has 0 amide bonds. The van der Waals surface area contributed by atoms with Gasteiger partial charge in [-0.25, -0.2) is 23.5 Å². The Morgan fingerprint density at radius 1 is 1.47 bits per heavy atom. The van der Waals surface area contributed by atoms with Gasteiger partial charge in [-0.2, -0.15) is 5.26 Å². The predicted octanol–water partition coefficient (Wildman–Crippen LogP) is -0.951. The summed E-state index contributed by atoms with van der Waals surface area (Å²) in [6.45, 7) is 0.0895. The number of nitrogens with zero attached hydrogens (tertiary/aromatic N) is 3. The van der Waals surface area contributed by atoms with Crippen LogP contribution < -0.4 is 10.5 Å². The average molecular weight is 227 g/mol. The highest BCUT2D eigenvalue weighted by Crippen LogP contribution is 2.05. The molecule has 0 saturated carbocycles. The number of sulfonamides is 1. The van der Waals surface area contributed by atoms with Gasteiger partial charge in [0.2, 0.25) is 10.0 Å². The fraction of sp³-hybridized carbons (Fsp3) is 0.286. The molecule has 8 heteroatoms. The summed E-state index contributed by atoms with van der Waals surface area (Å²) in [6, 6.07) is 1.83. The fourth-order valence-corrected chi connectivity index (χ4v) is 1.25. The van der Waals surface area contributed by atoms with Crippen molar-refractivity contribution in [1.82, 2.24) is 9.97 Å². The second kappa shape index (κ2) is 4.68. The van der Waals surface area contributed by atoms with Crippen molar-refractivity contribution < 1.29 is 8.42 Å². The molecule has 0 atom stereocenters. The van der Waals surface area contributed by atoms with Crippen LogP contribution in [-0.2, 0) is 10.0 Å². The van der Waals surface area contributed by atoms with Crippen molar-refractivity contribution in [1.29, 1.82) is 5.26 Å². The lowest BCUT2D eigenvalue weighted by Crippen LogP contribution is -2.23. The zero-order valence-electron chi connectivity index (χ0n) is 7.71. The van der Waals surface area contributed by atoms with E-state index in [1.54, 1.807) is 0 Å². The Hall–Kier alpha value is -1.72. The van der Waals surface area contributed by atoms with E-state index in [0.717, 1.165) is 0 Å². The first-order valence-electron chi connectivity index (χ1n) is 3.98. The zero-order chi connectivity index (χ0) is 11.3. The first kappa shape index (κ1) is 11.4. The third-order valence-electron chi connectivity index (χ3n) is 1.48. The van der Waals surface area contributed by atoms with Gasteiger partial charge in [0.1, 0.15) is 6.07 Å². The van der Waals surface area contributed by atoms with E-state index in [-0.39, 0.29) is 23.8 Å². The number of aromatic nitrogens is 2. The van der Waals surface area contributed by atoms with Gasteiger partial charge in [-0.3, -0.25) is 0 Å². The van der Waals surface area contributed by atoms with Gasteiger partial charge in [-0.15, -0.1) is 0 Å². The Labute approximate surface area is 87.0 Å². The summed E-state index contributed by atoms with van der Waals surface area (Å²) < 4.78 is 21.2. The van der Waals surface area contributed by atoms with E-state index in [9.17, 15) is 8.42 Å². The summed E-state index contributed by atoms with van der Waals surface area (Å²) in [6.07, 6.45) is 2.78. The molecule has 0 spiro atoms. The summed E-state index contributed by atoms with van der Waals surface area (Å²) >= 11 is 0. The lowest BCUT2D eigenvalue weighted by atomic mass is 10.4. The van der Waals surface area contributed by atoms with Gasteiger partial charge in [0.05, 0.1) is 5.75 Å². The number of rotatable bonds is 4. The zero-order valence-corrected chi connectivity index (χ0v) is 8.53. The van der Waals surface area contributed by atoms with Crippen LogP contribution in [0.3, 0.4) is 0 Å². The molecule has 0 aliphatic heterocycles. The SMILES string of the molecule is N#Cc1nccnc1NCCS(N)(=O)=O. The van der Waals surface area contributed by atoms with Crippen molar-refractivity contribution in [2.75, 3.05) is 17.6 Å². The topological polar surface area (TPSA) is 122 Å². The third-order valence-corrected chi connectivity index (χ3v) is 2.26. The molecule has 15 heavy (non-hydrogen) atoms. The summed E-state index contributed by atoms with van der Waals surface area (Å²) in [4.78, 5) is 7.58. The molecule has 0 aliphatic carbocycles. The monoisotopic (exact) mass is 227 g/mol. The molecular formula is C7H9N5O2S. The van der Waals surface area contributed by atoms with E-state index < -0.39 is 10.0 Å². The number of anilines is 1. The highest BCUT2D eigenvalue weighted by atomic mass is 32.2. The van der Waals surface area contributed by atoms with Gasteiger partial charge in [-0.1, -0.05) is 0 Å². The Morgan fingerprint density at radius 2 is 2.13 bits per heavy atom. The van der Waals surface area contributed by atoms with Gasteiger partial charge in [0.15, 0.2) is 11.5 Å². The van der Waals surface area contributed by atoms with E-state index in [4.69, 9.17) is 10.4 Å². The first-order chi connectivity index (χ1) is 7.03. The normalized spacial score (nSPS) is 10.7. The molecule has 0 saturated heterocycles. The molecule has 80 valence electrons. The highest BCUT2D eigenvalue weighted by molar-refractivity contribution is 7.89. The molecule has 3 N–H and O–H groups in total. The number of primary sulfonamides is 1. The van der Waals surface area contributed by atoms with Crippen LogP contribution in [0, 0.1) is 11.3 Å². The number of nitrogens with two attached hydrogens (primary N) is 1. The standard InChI is InChI=1S/C7H9N5O2S/c8-5-6-7(11-2-1-10-6)12-3-4-15(9,13)14/h1-2H,3-4H2,(H,11,12)(H2,9,13,14). The first-order valence-corrected chi connectivity index (χ1v) is 5.70. The minimum Gasteiger partial charge on any atom is -0.367 e. The number of hydrogen-bond acceptors (Lipinski definition) is 6. The number of hydrogen-bond donors (Lipinski definition) is 2. The van der Waals surface area contributed by atoms with Crippen LogP contribution in [0.25, 0.3) is 0 Å². The van der Waals surface area contributed by atoms with Crippen LogP contribution in [0.5, 0.6) is 0 Å². The quantitative estimate of drug-likeness (QED) is 0.683. The maximum absolute atomic E-state index is 10.6. The third kappa shape index (κ3) is 3.88. The van der Waals surface area contributed by atoms with Crippen molar-refractivity contribution in [2.45, 2.75) is 0 Å². The smallest absolute Gasteiger partial charge is 0.210 e. The second-order valence-electron chi connectivity index (χ2n) is 2.66. The van der Waals surface area contributed by atoms with E-state index in [1.165, 1.54) is 12.4 Å². The number of nitrogens with one attached hydrogen (secondary N) is 1. The van der Waals surface area contributed by atoms with Crippen LogP contribution in [0.2, 0.25) is 0 Å². The Morgan fingerprint density at radius 3 is 2.73 bits per heavy atom. The van der Waals surface area contributed by atoms with Gasteiger partial charge in [0.25, 0.3) is 0 Å². The van der Waals surface area contributed by atoms with Crippen molar-refractivity contribution in [3.05, 3.63) is 18.1 Å². The molecule has 0 aromatic carbocycles. The fourth-order valence-electron chi connectivity index (χ4n) is 0.861. The maximum Gasteiger partial charge on any atom is 0.210 e. The average Bonchev–Trinajstić information content (AvgIpc) is 2.16. The molecule has 1 rings (SSSR count). The molecule has 7 nitrogen and oxygen atoms in total. The summed E-state index contributed by atoms with van der Waals surface area (Å²) in [5, 5.41) is 16.1. The lowest BCUT2D eigenvalue weighted by Gasteiger charge is -2.04. The molecule has 0 fully saturated rings. The van der Waals surface area contributed by atoms with Crippen LogP contribution in [-0.4, -0.2) is 30.7 Å². The molecule has 1 heterocycles. The van der Waals surface area contributed by atoms with Crippen molar-refractivity contribution in [3.63, 3.8) is 0 Å². The largest absolute Gasteiger partial charge is 0.367 e. The van der Waals surface area contributed by atoms with Crippen LogP contribution in [0.15, 0.2) is 12.4 Å².